The molecule has 8 nitrogen and oxygen atoms in total. The van der Waals surface area contributed by atoms with E-state index in [1.54, 1.807) is 5.06 Å². The molecule has 0 aliphatic carbocycles. The molecule has 35 heavy (non-hydrogen) atoms. The monoisotopic (exact) mass is 471 g/mol. The number of carbonyl (C=O) groups is 2. The lowest BCUT2D eigenvalue weighted by Crippen LogP contribution is -2.37. The first-order valence-corrected chi connectivity index (χ1v) is 11.4. The van der Waals surface area contributed by atoms with Gasteiger partial charge in [0.25, 0.3) is 11.6 Å². The summed E-state index contributed by atoms with van der Waals surface area (Å²) in [5.41, 5.74) is 2.91. The van der Waals surface area contributed by atoms with Crippen molar-refractivity contribution in [2.45, 2.75) is 38.3 Å². The van der Waals surface area contributed by atoms with E-state index < -0.39 is 34.8 Å². The summed E-state index contributed by atoms with van der Waals surface area (Å²) < 4.78 is 0. The second-order valence-electron chi connectivity index (χ2n) is 9.82. The van der Waals surface area contributed by atoms with Crippen molar-refractivity contribution in [3.8, 4) is 0 Å². The Morgan fingerprint density at radius 3 is 2.03 bits per heavy atom. The molecule has 3 aromatic rings. The first kappa shape index (κ1) is 22.7. The summed E-state index contributed by atoms with van der Waals surface area (Å²) in [5, 5.41) is 12.7. The number of non-ortho nitro benzene ring substituents is 1. The summed E-state index contributed by atoms with van der Waals surface area (Å²) in [7, 11) is 0. The van der Waals surface area contributed by atoms with E-state index in [2.05, 4.69) is 20.8 Å². The standard InChI is InChI=1S/C27H25N3O5/c1-27(2,3)18-11-9-17(10-12-18)23-22-24(35-29(23)20-7-5-4-6-8-20)26(32)28(25(22)31)19-13-15-21(16-14-19)30(33)34/h4-16,22-24H,1-3H3/t22-,23-,24-/m0/s1. The highest BCUT2D eigenvalue weighted by atomic mass is 16.7. The second kappa shape index (κ2) is 8.32. The van der Waals surface area contributed by atoms with Crippen molar-refractivity contribution in [3.05, 3.63) is 100 Å². The number of para-hydroxylation sites is 1. The predicted octanol–water partition coefficient (Wildman–Crippen LogP) is 4.94. The van der Waals surface area contributed by atoms with Crippen molar-refractivity contribution in [1.82, 2.24) is 0 Å². The highest BCUT2D eigenvalue weighted by Crippen LogP contribution is 2.47. The summed E-state index contributed by atoms with van der Waals surface area (Å²) >= 11 is 0. The van der Waals surface area contributed by atoms with Gasteiger partial charge in [-0.15, -0.1) is 0 Å². The Bertz CT molecular complexity index is 1280. The Kier molecular flexibility index (Phi) is 5.40. The Hall–Kier alpha value is -4.04. The number of fused-ring (bicyclic) bond motifs is 1. The molecule has 2 aliphatic rings. The number of hydrogen-bond donors (Lipinski definition) is 0. The van der Waals surface area contributed by atoms with Crippen LogP contribution >= 0.6 is 0 Å². The fraction of sp³-hybridized carbons (Fsp3) is 0.259. The first-order chi connectivity index (χ1) is 16.7. The molecule has 0 spiro atoms. The molecular formula is C27H25N3O5. The molecule has 2 saturated heterocycles. The number of nitro benzene ring substituents is 1. The zero-order valence-corrected chi connectivity index (χ0v) is 19.6. The van der Waals surface area contributed by atoms with Crippen LogP contribution in [0.25, 0.3) is 0 Å². The maximum atomic E-state index is 13.7. The van der Waals surface area contributed by atoms with Crippen LogP contribution in [-0.2, 0) is 19.8 Å². The number of nitrogens with zero attached hydrogens (tertiary/aromatic N) is 3. The van der Waals surface area contributed by atoms with Crippen LogP contribution in [0.3, 0.4) is 0 Å². The summed E-state index contributed by atoms with van der Waals surface area (Å²) in [6, 6.07) is 22.3. The minimum absolute atomic E-state index is 0.0295. The zero-order valence-electron chi connectivity index (χ0n) is 19.6. The smallest absolute Gasteiger partial charge is 0.269 e. The zero-order chi connectivity index (χ0) is 24.9. The number of nitro groups is 1. The van der Waals surface area contributed by atoms with Gasteiger partial charge in [-0.1, -0.05) is 63.2 Å². The van der Waals surface area contributed by atoms with E-state index in [1.807, 2.05) is 54.6 Å². The summed E-state index contributed by atoms with van der Waals surface area (Å²) in [5.74, 6) is -1.64. The van der Waals surface area contributed by atoms with Crippen LogP contribution in [0.15, 0.2) is 78.9 Å². The van der Waals surface area contributed by atoms with Crippen molar-refractivity contribution in [2.24, 2.45) is 5.92 Å². The van der Waals surface area contributed by atoms with Crippen molar-refractivity contribution in [3.63, 3.8) is 0 Å². The molecule has 0 aromatic heterocycles. The number of hydroxylamine groups is 1. The molecule has 2 aliphatic heterocycles. The Morgan fingerprint density at radius 1 is 0.829 bits per heavy atom. The van der Waals surface area contributed by atoms with Gasteiger partial charge >= 0.3 is 0 Å². The Balaban J connectivity index is 1.54. The average Bonchev–Trinajstić information content (AvgIpc) is 3.35. The Morgan fingerprint density at radius 2 is 1.46 bits per heavy atom. The van der Waals surface area contributed by atoms with Crippen LogP contribution in [0.4, 0.5) is 17.1 Å². The van der Waals surface area contributed by atoms with Crippen LogP contribution in [0.1, 0.15) is 37.9 Å². The number of anilines is 2. The number of rotatable bonds is 4. The molecule has 0 unspecified atom stereocenters. The topological polar surface area (TPSA) is 93.0 Å². The minimum Gasteiger partial charge on any atom is -0.273 e. The fourth-order valence-electron chi connectivity index (χ4n) is 4.71. The number of hydrogen-bond acceptors (Lipinski definition) is 6. The lowest BCUT2D eigenvalue weighted by atomic mass is 9.84. The minimum atomic E-state index is -0.995. The largest absolute Gasteiger partial charge is 0.273 e. The number of benzene rings is 3. The maximum Gasteiger partial charge on any atom is 0.269 e. The molecule has 0 N–H and O–H groups in total. The van der Waals surface area contributed by atoms with Crippen LogP contribution in [0.5, 0.6) is 0 Å². The van der Waals surface area contributed by atoms with Gasteiger partial charge in [-0.2, -0.15) is 0 Å². The molecule has 5 rings (SSSR count). The highest BCUT2D eigenvalue weighted by molar-refractivity contribution is 6.23. The molecule has 0 radical (unpaired) electrons. The summed E-state index contributed by atoms with van der Waals surface area (Å²) in [4.78, 5) is 44.8. The van der Waals surface area contributed by atoms with E-state index in [0.717, 1.165) is 21.7 Å². The van der Waals surface area contributed by atoms with E-state index in [9.17, 15) is 19.7 Å². The third-order valence-corrected chi connectivity index (χ3v) is 6.56. The van der Waals surface area contributed by atoms with Crippen molar-refractivity contribution in [2.75, 3.05) is 9.96 Å². The number of amides is 2. The van der Waals surface area contributed by atoms with Gasteiger partial charge in [-0.25, -0.2) is 9.96 Å². The third kappa shape index (κ3) is 3.85. The second-order valence-corrected chi connectivity index (χ2v) is 9.82. The van der Waals surface area contributed by atoms with Crippen molar-refractivity contribution in [1.29, 1.82) is 0 Å². The third-order valence-electron chi connectivity index (χ3n) is 6.56. The molecule has 2 fully saturated rings. The van der Waals surface area contributed by atoms with E-state index in [0.29, 0.717) is 0 Å². The van der Waals surface area contributed by atoms with E-state index >= 15 is 0 Å². The van der Waals surface area contributed by atoms with Gasteiger partial charge in [-0.3, -0.25) is 24.5 Å². The lowest BCUT2D eigenvalue weighted by Gasteiger charge is -2.29. The van der Waals surface area contributed by atoms with Gasteiger partial charge < -0.3 is 0 Å². The van der Waals surface area contributed by atoms with Gasteiger partial charge in [-0.05, 0) is 40.8 Å². The van der Waals surface area contributed by atoms with Gasteiger partial charge in [0.1, 0.15) is 5.92 Å². The molecule has 2 heterocycles. The van der Waals surface area contributed by atoms with E-state index in [-0.39, 0.29) is 16.8 Å². The normalized spacial score (nSPS) is 22.0. The van der Waals surface area contributed by atoms with Crippen molar-refractivity contribution < 1.29 is 19.3 Å². The van der Waals surface area contributed by atoms with Gasteiger partial charge in [0.2, 0.25) is 5.91 Å². The van der Waals surface area contributed by atoms with Crippen LogP contribution in [0, 0.1) is 16.0 Å². The molecule has 3 atom stereocenters. The molecule has 178 valence electrons. The quantitative estimate of drug-likeness (QED) is 0.304. The SMILES string of the molecule is CC(C)(C)c1ccc([C@H]2[C@@H]3C(=O)N(c4ccc([N+](=O)[O-])cc4)C(=O)[C@H]3ON2c2ccccc2)cc1. The van der Waals surface area contributed by atoms with Crippen molar-refractivity contribution >= 4 is 28.9 Å². The Labute approximate surface area is 202 Å². The van der Waals surface area contributed by atoms with Crippen LogP contribution in [-0.4, -0.2) is 22.8 Å². The van der Waals surface area contributed by atoms with Gasteiger partial charge in [0.05, 0.1) is 22.3 Å². The van der Waals surface area contributed by atoms with Gasteiger partial charge in [0.15, 0.2) is 6.10 Å². The molecule has 8 heteroatoms. The molecule has 2 amide bonds. The van der Waals surface area contributed by atoms with E-state index in [1.165, 1.54) is 24.3 Å². The predicted molar refractivity (Wildman–Crippen MR) is 131 cm³/mol. The number of carbonyl (C=O) groups excluding carboxylic acids is 2. The van der Waals surface area contributed by atoms with E-state index in [4.69, 9.17) is 4.84 Å². The molecule has 3 aromatic carbocycles. The molecular weight excluding hydrogens is 446 g/mol. The number of imide groups is 1. The highest BCUT2D eigenvalue weighted by Gasteiger charge is 2.60. The fourth-order valence-corrected chi connectivity index (χ4v) is 4.71. The summed E-state index contributed by atoms with van der Waals surface area (Å²) in [6.45, 7) is 6.40. The maximum absolute atomic E-state index is 13.7. The van der Waals surface area contributed by atoms with Crippen LogP contribution < -0.4 is 9.96 Å². The summed E-state index contributed by atoms with van der Waals surface area (Å²) in [6.07, 6.45) is -0.995. The van der Waals surface area contributed by atoms with Gasteiger partial charge in [0, 0.05) is 12.1 Å². The first-order valence-electron chi connectivity index (χ1n) is 11.4. The molecule has 0 saturated carbocycles. The lowest BCUT2D eigenvalue weighted by molar-refractivity contribution is -0.384. The average molecular weight is 472 g/mol. The molecule has 0 bridgehead atoms. The van der Waals surface area contributed by atoms with Crippen LogP contribution in [0.2, 0.25) is 0 Å².